The van der Waals surface area contributed by atoms with Gasteiger partial charge in [-0.05, 0) is 35.9 Å². The third-order valence-electron chi connectivity index (χ3n) is 4.19. The van der Waals surface area contributed by atoms with Gasteiger partial charge in [0, 0.05) is 37.6 Å². The van der Waals surface area contributed by atoms with E-state index in [2.05, 4.69) is 63.8 Å². The van der Waals surface area contributed by atoms with E-state index in [0.717, 1.165) is 36.5 Å². The van der Waals surface area contributed by atoms with Crippen LogP contribution in [0.2, 0.25) is 0 Å². The predicted octanol–water partition coefficient (Wildman–Crippen LogP) is 3.69. The minimum Gasteiger partial charge on any atom is -0.296 e. The molecule has 25 heavy (non-hydrogen) atoms. The van der Waals surface area contributed by atoms with Crippen LogP contribution in [0.15, 0.2) is 70.8 Å². The number of hydrogen-bond acceptors (Lipinski definition) is 4. The van der Waals surface area contributed by atoms with Gasteiger partial charge in [-0.15, -0.1) is 0 Å². The lowest BCUT2D eigenvalue weighted by molar-refractivity contribution is 0.315. The summed E-state index contributed by atoms with van der Waals surface area (Å²) in [5, 5.41) is 0. The van der Waals surface area contributed by atoms with Crippen LogP contribution in [0.4, 0.5) is 0 Å². The Morgan fingerprint density at radius 3 is 2.60 bits per heavy atom. The fourth-order valence-electron chi connectivity index (χ4n) is 2.81. The van der Waals surface area contributed by atoms with E-state index in [9.17, 15) is 0 Å². The number of aliphatic imine (C=N–C) groups is 2. The molecule has 0 spiro atoms. The molecule has 0 fully saturated rings. The maximum Gasteiger partial charge on any atom is 0.0647 e. The molecule has 0 radical (unpaired) electrons. The first-order chi connectivity index (χ1) is 12.2. The smallest absolute Gasteiger partial charge is 0.0647 e. The van der Waals surface area contributed by atoms with Gasteiger partial charge in [0.15, 0.2) is 0 Å². The molecule has 1 aromatic carbocycles. The average molecular weight is 332 g/mol. The lowest BCUT2D eigenvalue weighted by Crippen LogP contribution is -2.17. The second-order valence-corrected chi connectivity index (χ2v) is 6.40. The summed E-state index contributed by atoms with van der Waals surface area (Å²) in [6.07, 6.45) is 4.57. The lowest BCUT2D eigenvalue weighted by atomic mass is 10.1. The summed E-state index contributed by atoms with van der Waals surface area (Å²) >= 11 is 0. The van der Waals surface area contributed by atoms with Crippen LogP contribution < -0.4 is 0 Å². The van der Waals surface area contributed by atoms with Crippen molar-refractivity contribution in [1.29, 1.82) is 0 Å². The molecule has 4 nitrogen and oxygen atoms in total. The molecule has 0 unspecified atom stereocenters. The van der Waals surface area contributed by atoms with Crippen LogP contribution in [0.25, 0.3) is 0 Å². The third kappa shape index (κ3) is 5.19. The maximum atomic E-state index is 4.69. The van der Waals surface area contributed by atoms with Gasteiger partial charge in [-0.25, -0.2) is 0 Å². The van der Waals surface area contributed by atoms with Crippen molar-refractivity contribution in [3.05, 3.63) is 77.6 Å². The van der Waals surface area contributed by atoms with E-state index in [1.165, 1.54) is 11.1 Å². The normalized spacial score (nSPS) is 15.9. The molecule has 0 bridgehead atoms. The summed E-state index contributed by atoms with van der Waals surface area (Å²) in [6.45, 7) is 7.16. The molecule has 3 rings (SSSR count). The molecular formula is C21H24N4. The van der Waals surface area contributed by atoms with Crippen molar-refractivity contribution in [2.45, 2.75) is 26.1 Å². The fraction of sp³-hybridized carbons (Fsp3) is 0.286. The second kappa shape index (κ2) is 8.49. The average Bonchev–Trinajstić information content (AvgIpc) is 2.63. The first-order valence-corrected chi connectivity index (χ1v) is 8.57. The Hall–Kier alpha value is -2.59. The van der Waals surface area contributed by atoms with Gasteiger partial charge < -0.3 is 0 Å². The summed E-state index contributed by atoms with van der Waals surface area (Å²) in [4.78, 5) is 15.5. The molecule has 0 amide bonds. The highest BCUT2D eigenvalue weighted by Gasteiger charge is 2.07. The first-order valence-electron chi connectivity index (χ1n) is 8.57. The van der Waals surface area contributed by atoms with Crippen LogP contribution in [-0.4, -0.2) is 35.4 Å². The van der Waals surface area contributed by atoms with Crippen LogP contribution in [0.1, 0.15) is 23.2 Å². The number of benzene rings is 1. The van der Waals surface area contributed by atoms with Gasteiger partial charge in [-0.3, -0.25) is 19.9 Å². The van der Waals surface area contributed by atoms with Gasteiger partial charge >= 0.3 is 0 Å². The zero-order valence-electron chi connectivity index (χ0n) is 14.7. The van der Waals surface area contributed by atoms with Crippen molar-refractivity contribution in [1.82, 2.24) is 9.88 Å². The van der Waals surface area contributed by atoms with Crippen LogP contribution in [0, 0.1) is 0 Å². The van der Waals surface area contributed by atoms with Crippen LogP contribution in [-0.2, 0) is 19.6 Å². The predicted molar refractivity (Wildman–Crippen MR) is 104 cm³/mol. The van der Waals surface area contributed by atoms with Crippen molar-refractivity contribution < 1.29 is 0 Å². The number of aromatic nitrogens is 1. The highest BCUT2D eigenvalue weighted by atomic mass is 15.1. The quantitative estimate of drug-likeness (QED) is 0.809. The Morgan fingerprint density at radius 2 is 1.88 bits per heavy atom. The van der Waals surface area contributed by atoms with Gasteiger partial charge in [0.2, 0.25) is 0 Å². The highest BCUT2D eigenvalue weighted by Crippen LogP contribution is 2.11. The molecule has 1 aliphatic heterocycles. The zero-order chi connectivity index (χ0) is 17.5. The summed E-state index contributed by atoms with van der Waals surface area (Å²) in [7, 11) is 2.12. The number of pyridine rings is 1. The van der Waals surface area contributed by atoms with Gasteiger partial charge in [0.25, 0.3) is 0 Å². The zero-order valence-corrected chi connectivity index (χ0v) is 14.7. The monoisotopic (exact) mass is 332 g/mol. The molecule has 0 saturated heterocycles. The van der Waals surface area contributed by atoms with E-state index in [0.29, 0.717) is 13.1 Å². The molecule has 2 heterocycles. The third-order valence-corrected chi connectivity index (χ3v) is 4.19. The van der Waals surface area contributed by atoms with Crippen LogP contribution in [0.3, 0.4) is 0 Å². The standard InChI is InChI=1S/C21H24N4/c1-17-13-22-12-10-21(17)24-14-18-6-8-19(9-7-18)15-25(2)16-20-5-3-4-11-23-20/h3-9,11-12H,1,10,13-16H2,2H3. The summed E-state index contributed by atoms with van der Waals surface area (Å²) in [6, 6.07) is 14.7. The Kier molecular flexibility index (Phi) is 5.86. The second-order valence-electron chi connectivity index (χ2n) is 6.40. The van der Waals surface area contributed by atoms with Crippen molar-refractivity contribution in [2.75, 3.05) is 13.6 Å². The van der Waals surface area contributed by atoms with Crippen molar-refractivity contribution in [3.63, 3.8) is 0 Å². The Bertz CT molecular complexity index is 760. The lowest BCUT2D eigenvalue weighted by Gasteiger charge is -2.16. The molecule has 0 N–H and O–H groups in total. The molecule has 0 aliphatic carbocycles. The van der Waals surface area contributed by atoms with Crippen LogP contribution >= 0.6 is 0 Å². The highest BCUT2D eigenvalue weighted by molar-refractivity contribution is 6.08. The van der Waals surface area contributed by atoms with Crippen molar-refractivity contribution in [3.8, 4) is 0 Å². The molecule has 4 heteroatoms. The van der Waals surface area contributed by atoms with Crippen molar-refractivity contribution in [2.24, 2.45) is 9.98 Å². The summed E-state index contributed by atoms with van der Waals surface area (Å²) < 4.78 is 0. The topological polar surface area (TPSA) is 40.9 Å². The molecule has 1 aromatic heterocycles. The number of nitrogens with zero attached hydrogens (tertiary/aromatic N) is 4. The number of rotatable bonds is 6. The molecule has 0 saturated carbocycles. The van der Waals surface area contributed by atoms with Crippen molar-refractivity contribution >= 4 is 11.9 Å². The number of hydrogen-bond donors (Lipinski definition) is 0. The SMILES string of the molecule is C=C1CN=CCC1=NCc1ccc(CN(C)Cc2ccccn2)cc1. The van der Waals surface area contributed by atoms with E-state index in [1.54, 1.807) is 0 Å². The van der Waals surface area contributed by atoms with E-state index in [1.807, 2.05) is 24.5 Å². The first kappa shape index (κ1) is 17.2. The molecule has 1 aliphatic rings. The Morgan fingerprint density at radius 1 is 1.08 bits per heavy atom. The molecule has 0 atom stereocenters. The van der Waals surface area contributed by atoms with E-state index < -0.39 is 0 Å². The molecule has 2 aromatic rings. The summed E-state index contributed by atoms with van der Waals surface area (Å²) in [5.74, 6) is 0. The Labute approximate surface area is 149 Å². The largest absolute Gasteiger partial charge is 0.296 e. The van der Waals surface area contributed by atoms with Gasteiger partial charge in [0.05, 0.1) is 18.8 Å². The Balaban J connectivity index is 1.54. The molecule has 128 valence electrons. The minimum absolute atomic E-state index is 0.681. The van der Waals surface area contributed by atoms with Crippen LogP contribution in [0.5, 0.6) is 0 Å². The van der Waals surface area contributed by atoms with E-state index in [-0.39, 0.29) is 0 Å². The van der Waals surface area contributed by atoms with Gasteiger partial charge in [-0.2, -0.15) is 0 Å². The van der Waals surface area contributed by atoms with E-state index >= 15 is 0 Å². The van der Waals surface area contributed by atoms with Gasteiger partial charge in [-0.1, -0.05) is 36.9 Å². The maximum absolute atomic E-state index is 4.69. The summed E-state index contributed by atoms with van der Waals surface area (Å²) in [5.41, 5.74) is 5.72. The minimum atomic E-state index is 0.681. The van der Waals surface area contributed by atoms with E-state index in [4.69, 9.17) is 0 Å². The fourth-order valence-corrected chi connectivity index (χ4v) is 2.81. The van der Waals surface area contributed by atoms with Gasteiger partial charge in [0.1, 0.15) is 0 Å². The molecular weight excluding hydrogens is 308 g/mol.